The van der Waals surface area contributed by atoms with E-state index in [0.29, 0.717) is 11.7 Å². The monoisotopic (exact) mass is 268 g/mol. The summed E-state index contributed by atoms with van der Waals surface area (Å²) in [6.07, 6.45) is 3.84. The molecule has 2 aliphatic carbocycles. The number of aryl methyl sites for hydroxylation is 1. The van der Waals surface area contributed by atoms with Gasteiger partial charge in [0, 0.05) is 0 Å². The summed E-state index contributed by atoms with van der Waals surface area (Å²) in [7, 11) is 0. The highest BCUT2D eigenvalue weighted by atomic mass is 16.3. The highest BCUT2D eigenvalue weighted by Gasteiger charge is 2.46. The molecular formula is C18H20O2. The molecular weight excluding hydrogens is 248 g/mol. The number of rotatable bonds is 0. The molecule has 2 aromatic rings. The van der Waals surface area contributed by atoms with Crippen LogP contribution in [0.3, 0.4) is 0 Å². The van der Waals surface area contributed by atoms with Crippen LogP contribution in [0, 0.1) is 5.41 Å². The summed E-state index contributed by atoms with van der Waals surface area (Å²) in [6, 6.07) is 10.0. The Balaban J connectivity index is 1.94. The number of phenolic OH excluding ortho intramolecular Hbond substituents is 1. The van der Waals surface area contributed by atoms with E-state index in [-0.39, 0.29) is 11.5 Å². The Bertz CT molecular complexity index is 691. The minimum atomic E-state index is -0.157. The molecule has 2 aromatic carbocycles. The molecule has 3 atom stereocenters. The summed E-state index contributed by atoms with van der Waals surface area (Å²) in [5, 5.41) is 22.2. The lowest BCUT2D eigenvalue weighted by molar-refractivity contribution is 0.159. The molecule has 4 rings (SSSR count). The predicted molar refractivity (Wildman–Crippen MR) is 80.0 cm³/mol. The van der Waals surface area contributed by atoms with Crippen molar-refractivity contribution in [2.24, 2.45) is 5.41 Å². The van der Waals surface area contributed by atoms with E-state index in [1.165, 1.54) is 21.9 Å². The van der Waals surface area contributed by atoms with Gasteiger partial charge in [0.05, 0.1) is 6.10 Å². The van der Waals surface area contributed by atoms with Crippen LogP contribution in [0.1, 0.15) is 43.2 Å². The van der Waals surface area contributed by atoms with Crippen molar-refractivity contribution in [2.45, 2.75) is 44.6 Å². The fourth-order valence-corrected chi connectivity index (χ4v) is 4.50. The van der Waals surface area contributed by atoms with Crippen LogP contribution in [0.5, 0.6) is 5.75 Å². The Labute approximate surface area is 119 Å². The predicted octanol–water partition coefficient (Wildman–Crippen LogP) is 3.74. The van der Waals surface area contributed by atoms with Gasteiger partial charge in [0.2, 0.25) is 0 Å². The zero-order valence-electron chi connectivity index (χ0n) is 11.8. The number of benzene rings is 2. The smallest absolute Gasteiger partial charge is 0.116 e. The van der Waals surface area contributed by atoms with Crippen molar-refractivity contribution in [3.8, 4) is 5.75 Å². The summed E-state index contributed by atoms with van der Waals surface area (Å²) >= 11 is 0. The second-order valence-electron chi connectivity index (χ2n) is 6.84. The average Bonchev–Trinajstić information content (AvgIpc) is 2.72. The first-order valence-electron chi connectivity index (χ1n) is 7.49. The van der Waals surface area contributed by atoms with Gasteiger partial charge in [-0.05, 0) is 71.0 Å². The van der Waals surface area contributed by atoms with Crippen molar-refractivity contribution in [1.29, 1.82) is 0 Å². The van der Waals surface area contributed by atoms with E-state index in [1.54, 1.807) is 6.07 Å². The maximum Gasteiger partial charge on any atom is 0.116 e. The molecule has 0 saturated heterocycles. The summed E-state index contributed by atoms with van der Waals surface area (Å²) in [5.41, 5.74) is 3.03. The average molecular weight is 268 g/mol. The van der Waals surface area contributed by atoms with Crippen molar-refractivity contribution in [3.05, 3.63) is 41.5 Å². The number of aliphatic hydroxyl groups excluding tert-OH is 1. The quantitative estimate of drug-likeness (QED) is 0.764. The zero-order valence-corrected chi connectivity index (χ0v) is 11.8. The SMILES string of the molecule is C[C@]12CCc3c(ccc4ccc(O)cc34)C1C[C@@H](O)C2. The van der Waals surface area contributed by atoms with Crippen LogP contribution < -0.4 is 0 Å². The number of hydrogen-bond donors (Lipinski definition) is 2. The van der Waals surface area contributed by atoms with E-state index in [4.69, 9.17) is 0 Å². The number of fused-ring (bicyclic) bond motifs is 5. The number of hydrogen-bond acceptors (Lipinski definition) is 2. The minimum absolute atomic E-state index is 0.157. The van der Waals surface area contributed by atoms with Gasteiger partial charge in [-0.3, -0.25) is 0 Å². The highest BCUT2D eigenvalue weighted by Crippen LogP contribution is 2.56. The van der Waals surface area contributed by atoms with Crippen LogP contribution in [0.15, 0.2) is 30.3 Å². The fraction of sp³-hybridized carbons (Fsp3) is 0.444. The van der Waals surface area contributed by atoms with Crippen molar-refractivity contribution >= 4 is 10.8 Å². The molecule has 1 saturated carbocycles. The molecule has 0 radical (unpaired) electrons. The molecule has 2 N–H and O–H groups in total. The first kappa shape index (κ1) is 12.2. The summed E-state index contributed by atoms with van der Waals surface area (Å²) in [5.74, 6) is 0.804. The van der Waals surface area contributed by atoms with Crippen molar-refractivity contribution in [1.82, 2.24) is 0 Å². The Hall–Kier alpha value is -1.54. The van der Waals surface area contributed by atoms with Crippen molar-refractivity contribution in [3.63, 3.8) is 0 Å². The standard InChI is InChI=1S/C18H20O2/c1-18-7-6-14-15(17(18)9-13(20)10-18)5-3-11-2-4-12(19)8-16(11)14/h2-5,8,13,17,19-20H,6-7,9-10H2,1H3/t13-,17?,18-/m1/s1. The Morgan fingerprint density at radius 2 is 2.00 bits per heavy atom. The van der Waals surface area contributed by atoms with E-state index in [9.17, 15) is 10.2 Å². The molecule has 104 valence electrons. The molecule has 0 spiro atoms. The van der Waals surface area contributed by atoms with Gasteiger partial charge in [-0.2, -0.15) is 0 Å². The first-order valence-corrected chi connectivity index (χ1v) is 7.49. The van der Waals surface area contributed by atoms with Crippen molar-refractivity contribution < 1.29 is 10.2 Å². The largest absolute Gasteiger partial charge is 0.508 e. The first-order chi connectivity index (χ1) is 9.57. The highest BCUT2D eigenvalue weighted by molar-refractivity contribution is 5.88. The molecule has 2 aliphatic rings. The van der Waals surface area contributed by atoms with Crippen molar-refractivity contribution in [2.75, 3.05) is 0 Å². The third kappa shape index (κ3) is 1.61. The fourth-order valence-electron chi connectivity index (χ4n) is 4.50. The van der Waals surface area contributed by atoms with Gasteiger partial charge >= 0.3 is 0 Å². The molecule has 0 amide bonds. The van der Waals surface area contributed by atoms with E-state index in [2.05, 4.69) is 19.1 Å². The van der Waals surface area contributed by atoms with Crippen LogP contribution in [-0.4, -0.2) is 16.3 Å². The van der Waals surface area contributed by atoms with E-state index in [1.807, 2.05) is 12.1 Å². The van der Waals surface area contributed by atoms with Gasteiger partial charge in [0.25, 0.3) is 0 Å². The molecule has 0 aliphatic heterocycles. The zero-order chi connectivity index (χ0) is 13.9. The van der Waals surface area contributed by atoms with E-state index in [0.717, 1.165) is 25.7 Å². The lowest BCUT2D eigenvalue weighted by Crippen LogP contribution is -2.26. The number of aliphatic hydroxyl groups is 1. The second kappa shape index (κ2) is 3.98. The third-order valence-corrected chi connectivity index (χ3v) is 5.53. The second-order valence-corrected chi connectivity index (χ2v) is 6.84. The van der Waals surface area contributed by atoms with Crippen LogP contribution in [0.25, 0.3) is 10.8 Å². The topological polar surface area (TPSA) is 40.5 Å². The maximum absolute atomic E-state index is 10.1. The van der Waals surface area contributed by atoms with Gasteiger partial charge in [-0.1, -0.05) is 25.1 Å². The number of phenols is 1. The molecule has 1 unspecified atom stereocenters. The van der Waals surface area contributed by atoms with Crippen LogP contribution in [0.4, 0.5) is 0 Å². The van der Waals surface area contributed by atoms with Crippen LogP contribution in [-0.2, 0) is 6.42 Å². The molecule has 0 bridgehead atoms. The van der Waals surface area contributed by atoms with E-state index >= 15 is 0 Å². The minimum Gasteiger partial charge on any atom is -0.508 e. The van der Waals surface area contributed by atoms with Gasteiger partial charge in [0.15, 0.2) is 0 Å². The maximum atomic E-state index is 10.1. The summed E-state index contributed by atoms with van der Waals surface area (Å²) < 4.78 is 0. The molecule has 2 nitrogen and oxygen atoms in total. The molecule has 2 heteroatoms. The molecule has 1 fully saturated rings. The Morgan fingerprint density at radius 3 is 2.85 bits per heavy atom. The van der Waals surface area contributed by atoms with Gasteiger partial charge in [-0.25, -0.2) is 0 Å². The van der Waals surface area contributed by atoms with E-state index < -0.39 is 0 Å². The summed E-state index contributed by atoms with van der Waals surface area (Å²) in [6.45, 7) is 2.32. The molecule has 0 heterocycles. The molecule has 20 heavy (non-hydrogen) atoms. The number of aromatic hydroxyl groups is 1. The summed E-state index contributed by atoms with van der Waals surface area (Å²) in [4.78, 5) is 0. The van der Waals surface area contributed by atoms with Gasteiger partial charge in [0.1, 0.15) is 5.75 Å². The molecule has 0 aromatic heterocycles. The van der Waals surface area contributed by atoms with Gasteiger partial charge in [-0.15, -0.1) is 0 Å². The van der Waals surface area contributed by atoms with Crippen LogP contribution in [0.2, 0.25) is 0 Å². The third-order valence-electron chi connectivity index (χ3n) is 5.53. The lowest BCUT2D eigenvalue weighted by atomic mass is 9.66. The Morgan fingerprint density at radius 1 is 1.20 bits per heavy atom. The normalized spacial score (nSPS) is 32.1. The lowest BCUT2D eigenvalue weighted by Gasteiger charge is -2.38. The Kier molecular flexibility index (Phi) is 2.43. The van der Waals surface area contributed by atoms with Gasteiger partial charge < -0.3 is 10.2 Å². The van der Waals surface area contributed by atoms with Crippen LogP contribution >= 0.6 is 0 Å².